The van der Waals surface area contributed by atoms with E-state index in [9.17, 15) is 18.3 Å². The summed E-state index contributed by atoms with van der Waals surface area (Å²) in [5, 5.41) is 10.0. The predicted octanol–water partition coefficient (Wildman–Crippen LogP) is 3.09. The molecule has 1 aliphatic rings. The van der Waals surface area contributed by atoms with Crippen LogP contribution in [0.5, 0.6) is 11.5 Å². The van der Waals surface area contributed by atoms with Gasteiger partial charge in [-0.3, -0.25) is 0 Å². The summed E-state index contributed by atoms with van der Waals surface area (Å²) < 4.78 is 49.4. The first-order valence-corrected chi connectivity index (χ1v) is 5.94. The Balaban J connectivity index is 2.65. The summed E-state index contributed by atoms with van der Waals surface area (Å²) in [5.74, 6) is -0.343. The quantitative estimate of drug-likeness (QED) is 0.856. The van der Waals surface area contributed by atoms with Crippen molar-refractivity contribution in [2.75, 3.05) is 13.2 Å². The predicted molar refractivity (Wildman–Crippen MR) is 62.3 cm³/mol. The Morgan fingerprint density at radius 1 is 1.00 bits per heavy atom. The highest BCUT2D eigenvalue weighted by Crippen LogP contribution is 2.46. The highest BCUT2D eigenvalue weighted by atomic mass is 19.4. The summed E-state index contributed by atoms with van der Waals surface area (Å²) in [4.78, 5) is 0. The number of ether oxygens (including phenoxy) is 2. The van der Waals surface area contributed by atoms with Crippen molar-refractivity contribution in [1.29, 1.82) is 0 Å². The molecule has 0 fully saturated rings. The van der Waals surface area contributed by atoms with Crippen molar-refractivity contribution in [2.45, 2.75) is 32.0 Å². The molecule has 0 radical (unpaired) electrons. The smallest absolute Gasteiger partial charge is 0.420 e. The van der Waals surface area contributed by atoms with E-state index in [0.29, 0.717) is 6.42 Å². The zero-order valence-electron chi connectivity index (χ0n) is 10.7. The van der Waals surface area contributed by atoms with Crippen LogP contribution < -0.4 is 9.47 Å². The Morgan fingerprint density at radius 3 is 1.95 bits per heavy atom. The largest absolute Gasteiger partial charge is 0.489 e. The van der Waals surface area contributed by atoms with Crippen molar-refractivity contribution < 1.29 is 27.8 Å². The van der Waals surface area contributed by atoms with Crippen LogP contribution in [0.4, 0.5) is 13.2 Å². The third-order valence-electron chi connectivity index (χ3n) is 2.86. The van der Waals surface area contributed by atoms with Gasteiger partial charge in [-0.15, -0.1) is 0 Å². The Bertz CT molecular complexity index is 432. The second kappa shape index (κ2) is 4.59. The summed E-state index contributed by atoms with van der Waals surface area (Å²) in [5.41, 5.74) is -1.89. The number of aliphatic hydroxyl groups is 1. The van der Waals surface area contributed by atoms with Crippen molar-refractivity contribution >= 4 is 0 Å². The number of hydrogen-bond acceptors (Lipinski definition) is 3. The number of fused-ring (bicyclic) bond motifs is 1. The minimum absolute atomic E-state index is 0.0141. The normalized spacial score (nSPS) is 16.1. The number of hydrogen-bond donors (Lipinski definition) is 1. The van der Waals surface area contributed by atoms with E-state index in [1.807, 2.05) is 0 Å². The first kappa shape index (κ1) is 14.0. The van der Waals surface area contributed by atoms with Gasteiger partial charge in [0.25, 0.3) is 0 Å². The molecule has 0 spiro atoms. The van der Waals surface area contributed by atoms with Gasteiger partial charge in [0.2, 0.25) is 0 Å². The van der Waals surface area contributed by atoms with Crippen LogP contribution >= 0.6 is 0 Å². The molecule has 1 aromatic carbocycles. The SMILES string of the molecule is CC(C)(O)c1ccc(C(F)(F)F)c2c1OCCCO2. The monoisotopic (exact) mass is 276 g/mol. The molecule has 0 atom stereocenters. The van der Waals surface area contributed by atoms with Crippen molar-refractivity contribution in [3.8, 4) is 11.5 Å². The van der Waals surface area contributed by atoms with E-state index in [-0.39, 0.29) is 30.3 Å². The molecule has 2 rings (SSSR count). The lowest BCUT2D eigenvalue weighted by molar-refractivity contribution is -0.139. The van der Waals surface area contributed by atoms with E-state index in [2.05, 4.69) is 0 Å². The van der Waals surface area contributed by atoms with Gasteiger partial charge in [0.05, 0.1) is 18.8 Å². The maximum absolute atomic E-state index is 12.9. The van der Waals surface area contributed by atoms with Crippen LogP contribution in [0, 0.1) is 0 Å². The first-order chi connectivity index (χ1) is 8.71. The van der Waals surface area contributed by atoms with Crippen LogP contribution in [0.1, 0.15) is 31.4 Å². The molecule has 0 unspecified atom stereocenters. The van der Waals surface area contributed by atoms with Crippen LogP contribution in [0.2, 0.25) is 0 Å². The molecule has 0 bridgehead atoms. The Morgan fingerprint density at radius 2 is 1.47 bits per heavy atom. The first-order valence-electron chi connectivity index (χ1n) is 5.94. The highest BCUT2D eigenvalue weighted by molar-refractivity contribution is 5.55. The maximum atomic E-state index is 12.9. The van der Waals surface area contributed by atoms with Crippen LogP contribution in [0.3, 0.4) is 0 Å². The Hall–Kier alpha value is -1.43. The van der Waals surface area contributed by atoms with E-state index in [1.54, 1.807) is 0 Å². The van der Waals surface area contributed by atoms with E-state index in [0.717, 1.165) is 6.07 Å². The van der Waals surface area contributed by atoms with Crippen LogP contribution in [-0.4, -0.2) is 18.3 Å². The molecule has 1 aliphatic heterocycles. The van der Waals surface area contributed by atoms with Crippen LogP contribution in [0.15, 0.2) is 12.1 Å². The zero-order valence-corrected chi connectivity index (χ0v) is 10.7. The highest BCUT2D eigenvalue weighted by Gasteiger charge is 2.38. The average molecular weight is 276 g/mol. The topological polar surface area (TPSA) is 38.7 Å². The average Bonchev–Trinajstić information content (AvgIpc) is 2.49. The summed E-state index contributed by atoms with van der Waals surface area (Å²) in [7, 11) is 0. The van der Waals surface area contributed by atoms with Gasteiger partial charge in [0, 0.05) is 12.0 Å². The molecule has 0 saturated heterocycles. The minimum Gasteiger partial charge on any atom is -0.489 e. The third kappa shape index (κ3) is 2.78. The lowest BCUT2D eigenvalue weighted by Gasteiger charge is -2.24. The molecule has 1 N–H and O–H groups in total. The van der Waals surface area contributed by atoms with E-state index < -0.39 is 17.3 Å². The number of alkyl halides is 3. The summed E-state index contributed by atoms with van der Waals surface area (Å²) in [6.45, 7) is 3.40. The third-order valence-corrected chi connectivity index (χ3v) is 2.86. The second-order valence-corrected chi connectivity index (χ2v) is 4.93. The fourth-order valence-corrected chi connectivity index (χ4v) is 1.96. The van der Waals surface area contributed by atoms with Gasteiger partial charge in [0.15, 0.2) is 11.5 Å². The minimum atomic E-state index is -4.52. The molecule has 3 nitrogen and oxygen atoms in total. The Labute approximate surface area is 108 Å². The lowest BCUT2D eigenvalue weighted by atomic mass is 9.95. The van der Waals surface area contributed by atoms with Crippen molar-refractivity contribution in [3.05, 3.63) is 23.3 Å². The maximum Gasteiger partial charge on any atom is 0.420 e. The summed E-state index contributed by atoms with van der Waals surface area (Å²) >= 11 is 0. The fourth-order valence-electron chi connectivity index (χ4n) is 1.96. The molecule has 0 amide bonds. The van der Waals surface area contributed by atoms with E-state index in [1.165, 1.54) is 19.9 Å². The van der Waals surface area contributed by atoms with Crippen molar-refractivity contribution in [3.63, 3.8) is 0 Å². The van der Waals surface area contributed by atoms with Crippen LogP contribution in [0.25, 0.3) is 0 Å². The van der Waals surface area contributed by atoms with Gasteiger partial charge in [-0.25, -0.2) is 0 Å². The number of halogens is 3. The van der Waals surface area contributed by atoms with Gasteiger partial charge >= 0.3 is 6.18 Å². The van der Waals surface area contributed by atoms with E-state index in [4.69, 9.17) is 9.47 Å². The van der Waals surface area contributed by atoms with Gasteiger partial charge in [-0.2, -0.15) is 13.2 Å². The lowest BCUT2D eigenvalue weighted by Crippen LogP contribution is -2.19. The fraction of sp³-hybridized carbons (Fsp3) is 0.538. The molecular weight excluding hydrogens is 261 g/mol. The van der Waals surface area contributed by atoms with Crippen molar-refractivity contribution in [2.24, 2.45) is 0 Å². The standard InChI is InChI=1S/C13H15F3O3/c1-12(2,17)8-4-5-9(13(14,15)16)11-10(8)18-6-3-7-19-11/h4-5,17H,3,6-7H2,1-2H3. The van der Waals surface area contributed by atoms with Gasteiger partial charge in [0.1, 0.15) is 5.56 Å². The molecule has 0 saturated carbocycles. The number of benzene rings is 1. The molecule has 1 heterocycles. The molecule has 0 aliphatic carbocycles. The zero-order chi connectivity index (χ0) is 14.3. The molecular formula is C13H15F3O3. The van der Waals surface area contributed by atoms with Crippen LogP contribution in [-0.2, 0) is 11.8 Å². The molecule has 1 aromatic rings. The Kier molecular flexibility index (Phi) is 3.38. The van der Waals surface area contributed by atoms with Gasteiger partial charge in [-0.1, -0.05) is 6.07 Å². The van der Waals surface area contributed by atoms with Gasteiger partial charge < -0.3 is 14.6 Å². The molecule has 6 heteroatoms. The van der Waals surface area contributed by atoms with Gasteiger partial charge in [-0.05, 0) is 19.9 Å². The molecule has 106 valence electrons. The second-order valence-electron chi connectivity index (χ2n) is 4.93. The van der Waals surface area contributed by atoms with Crippen molar-refractivity contribution in [1.82, 2.24) is 0 Å². The molecule has 0 aromatic heterocycles. The number of rotatable bonds is 1. The summed E-state index contributed by atoms with van der Waals surface area (Å²) in [6.07, 6.45) is -4.02. The summed E-state index contributed by atoms with van der Waals surface area (Å²) in [6, 6.07) is 2.15. The molecule has 19 heavy (non-hydrogen) atoms. The van der Waals surface area contributed by atoms with E-state index >= 15 is 0 Å².